The topological polar surface area (TPSA) is 33.1 Å². The first-order valence-corrected chi connectivity index (χ1v) is 6.80. The van der Waals surface area contributed by atoms with E-state index in [1.165, 1.54) is 38.9 Å². The normalized spacial score (nSPS) is 17.8. The van der Waals surface area contributed by atoms with Crippen LogP contribution in [0.1, 0.15) is 26.2 Å². The zero-order valence-corrected chi connectivity index (χ0v) is 10.8. The summed E-state index contributed by atoms with van der Waals surface area (Å²) in [5, 5.41) is 3.44. The van der Waals surface area contributed by atoms with Crippen LogP contribution in [-0.4, -0.2) is 46.7 Å². The Balaban J connectivity index is 1.82. The molecule has 1 saturated heterocycles. The Morgan fingerprint density at radius 1 is 1.35 bits per heavy atom. The summed E-state index contributed by atoms with van der Waals surface area (Å²) < 4.78 is 2.17. The Morgan fingerprint density at radius 3 is 2.82 bits per heavy atom. The van der Waals surface area contributed by atoms with Crippen LogP contribution in [0, 0.1) is 0 Å². The molecular formula is C13H24N4. The maximum Gasteiger partial charge on any atom is 0.0946 e. The summed E-state index contributed by atoms with van der Waals surface area (Å²) in [7, 11) is 0. The lowest BCUT2D eigenvalue weighted by atomic mass is 10.0. The Hall–Kier alpha value is -0.870. The van der Waals surface area contributed by atoms with Gasteiger partial charge in [-0.05, 0) is 38.9 Å². The van der Waals surface area contributed by atoms with Crippen LogP contribution in [0.2, 0.25) is 0 Å². The quantitative estimate of drug-likeness (QED) is 0.809. The first-order chi connectivity index (χ1) is 8.40. The van der Waals surface area contributed by atoms with Crippen LogP contribution in [-0.2, 0) is 6.54 Å². The van der Waals surface area contributed by atoms with Crippen molar-refractivity contribution >= 4 is 0 Å². The molecule has 0 radical (unpaired) electrons. The first kappa shape index (κ1) is 12.6. The third-order valence-electron chi connectivity index (χ3n) is 3.54. The lowest BCUT2D eigenvalue weighted by Gasteiger charge is -2.34. The minimum atomic E-state index is 0.778. The van der Waals surface area contributed by atoms with Crippen LogP contribution in [0.4, 0.5) is 0 Å². The molecule has 0 saturated carbocycles. The molecule has 1 N–H and O–H groups in total. The van der Waals surface area contributed by atoms with Crippen molar-refractivity contribution in [3.8, 4) is 0 Å². The van der Waals surface area contributed by atoms with E-state index in [-0.39, 0.29) is 0 Å². The number of aromatic nitrogens is 2. The lowest BCUT2D eigenvalue weighted by Crippen LogP contribution is -2.44. The Morgan fingerprint density at radius 2 is 2.18 bits per heavy atom. The third-order valence-corrected chi connectivity index (χ3v) is 3.54. The molecule has 4 nitrogen and oxygen atoms in total. The van der Waals surface area contributed by atoms with Crippen molar-refractivity contribution in [2.24, 2.45) is 0 Å². The van der Waals surface area contributed by atoms with Gasteiger partial charge in [0.05, 0.1) is 6.33 Å². The van der Waals surface area contributed by atoms with Gasteiger partial charge in [-0.3, -0.25) is 4.90 Å². The molecule has 2 rings (SSSR count). The maximum atomic E-state index is 4.09. The highest BCUT2D eigenvalue weighted by Crippen LogP contribution is 2.12. The smallest absolute Gasteiger partial charge is 0.0946 e. The molecule has 0 unspecified atom stereocenters. The van der Waals surface area contributed by atoms with Gasteiger partial charge in [0.15, 0.2) is 0 Å². The molecule has 1 aliphatic heterocycles. The maximum absolute atomic E-state index is 4.09. The van der Waals surface area contributed by atoms with Gasteiger partial charge in [0.25, 0.3) is 0 Å². The van der Waals surface area contributed by atoms with Crippen molar-refractivity contribution in [2.45, 2.75) is 38.8 Å². The number of nitrogens with zero attached hydrogens (tertiary/aromatic N) is 3. The summed E-state index contributed by atoms with van der Waals surface area (Å²) in [6, 6.07) is 0.778. The fourth-order valence-electron chi connectivity index (χ4n) is 2.60. The predicted octanol–water partition coefficient (Wildman–Crippen LogP) is 1.35. The van der Waals surface area contributed by atoms with Crippen LogP contribution in [0.3, 0.4) is 0 Å². The van der Waals surface area contributed by atoms with E-state index >= 15 is 0 Å². The summed E-state index contributed by atoms with van der Waals surface area (Å²) in [5.74, 6) is 0. The van der Waals surface area contributed by atoms with E-state index in [4.69, 9.17) is 0 Å². The number of rotatable bonds is 6. The van der Waals surface area contributed by atoms with Gasteiger partial charge in [-0.15, -0.1) is 0 Å². The van der Waals surface area contributed by atoms with E-state index in [0.29, 0.717) is 0 Å². The molecule has 1 aromatic rings. The molecule has 0 spiro atoms. The first-order valence-electron chi connectivity index (χ1n) is 6.80. The van der Waals surface area contributed by atoms with E-state index < -0.39 is 0 Å². The SMILES string of the molecule is CCCN(CCn1ccnc1)C1CCNCC1. The highest BCUT2D eigenvalue weighted by atomic mass is 15.2. The average molecular weight is 236 g/mol. The minimum absolute atomic E-state index is 0.778. The van der Waals surface area contributed by atoms with E-state index in [2.05, 4.69) is 26.7 Å². The van der Waals surface area contributed by atoms with E-state index in [1.54, 1.807) is 0 Å². The molecule has 0 atom stereocenters. The summed E-state index contributed by atoms with van der Waals surface area (Å²) in [4.78, 5) is 6.75. The molecule has 2 heterocycles. The standard InChI is InChI=1S/C13H24N4/c1-2-8-17(13-3-5-14-6-4-13)11-10-16-9-7-15-12-16/h7,9,12-14H,2-6,8,10-11H2,1H3. The van der Waals surface area contributed by atoms with Crippen molar-refractivity contribution in [1.29, 1.82) is 0 Å². The van der Waals surface area contributed by atoms with Crippen LogP contribution in [0.15, 0.2) is 18.7 Å². The fourth-order valence-corrected chi connectivity index (χ4v) is 2.60. The summed E-state index contributed by atoms with van der Waals surface area (Å²) in [6.45, 7) is 8.05. The van der Waals surface area contributed by atoms with Gasteiger partial charge in [0.2, 0.25) is 0 Å². The average Bonchev–Trinajstić information content (AvgIpc) is 2.88. The van der Waals surface area contributed by atoms with E-state index in [0.717, 1.165) is 19.1 Å². The molecule has 96 valence electrons. The van der Waals surface area contributed by atoms with Crippen LogP contribution in [0.5, 0.6) is 0 Å². The van der Waals surface area contributed by atoms with Gasteiger partial charge >= 0.3 is 0 Å². The van der Waals surface area contributed by atoms with Crippen molar-refractivity contribution in [1.82, 2.24) is 19.8 Å². The molecule has 1 fully saturated rings. The number of piperidine rings is 1. The Kier molecular flexibility index (Phi) is 5.01. The van der Waals surface area contributed by atoms with Gasteiger partial charge < -0.3 is 9.88 Å². The van der Waals surface area contributed by atoms with Crippen molar-refractivity contribution < 1.29 is 0 Å². The summed E-state index contributed by atoms with van der Waals surface area (Å²) >= 11 is 0. The Labute approximate surface area is 104 Å². The molecule has 0 aromatic carbocycles. The van der Waals surface area contributed by atoms with Gasteiger partial charge in [-0.25, -0.2) is 4.98 Å². The highest BCUT2D eigenvalue weighted by Gasteiger charge is 2.19. The number of hydrogen-bond acceptors (Lipinski definition) is 3. The highest BCUT2D eigenvalue weighted by molar-refractivity contribution is 4.79. The number of nitrogens with one attached hydrogen (secondary N) is 1. The molecule has 4 heteroatoms. The Bertz CT molecular complexity index is 290. The fraction of sp³-hybridized carbons (Fsp3) is 0.769. The minimum Gasteiger partial charge on any atom is -0.336 e. The van der Waals surface area contributed by atoms with Gasteiger partial charge in [0, 0.05) is 31.5 Å². The second-order valence-corrected chi connectivity index (χ2v) is 4.82. The van der Waals surface area contributed by atoms with Gasteiger partial charge in [-0.1, -0.05) is 6.92 Å². The van der Waals surface area contributed by atoms with E-state index in [9.17, 15) is 0 Å². The molecule has 1 aliphatic rings. The van der Waals surface area contributed by atoms with Crippen molar-refractivity contribution in [2.75, 3.05) is 26.2 Å². The largest absolute Gasteiger partial charge is 0.336 e. The van der Waals surface area contributed by atoms with Crippen molar-refractivity contribution in [3.63, 3.8) is 0 Å². The molecule has 17 heavy (non-hydrogen) atoms. The molecule has 0 amide bonds. The number of hydrogen-bond donors (Lipinski definition) is 1. The molecule has 1 aromatic heterocycles. The summed E-state index contributed by atoms with van der Waals surface area (Å²) in [6.07, 6.45) is 9.65. The van der Waals surface area contributed by atoms with Crippen LogP contribution in [0.25, 0.3) is 0 Å². The number of imidazole rings is 1. The van der Waals surface area contributed by atoms with Gasteiger partial charge in [-0.2, -0.15) is 0 Å². The zero-order chi connectivity index (χ0) is 11.9. The third kappa shape index (κ3) is 3.82. The second-order valence-electron chi connectivity index (χ2n) is 4.82. The van der Waals surface area contributed by atoms with Crippen molar-refractivity contribution in [3.05, 3.63) is 18.7 Å². The van der Waals surface area contributed by atoms with E-state index in [1.807, 2.05) is 18.7 Å². The predicted molar refractivity (Wildman–Crippen MR) is 70.0 cm³/mol. The molecule has 0 bridgehead atoms. The zero-order valence-electron chi connectivity index (χ0n) is 10.8. The lowest BCUT2D eigenvalue weighted by molar-refractivity contribution is 0.156. The van der Waals surface area contributed by atoms with Crippen LogP contribution >= 0.6 is 0 Å². The molecule has 0 aliphatic carbocycles. The molecular weight excluding hydrogens is 212 g/mol. The van der Waals surface area contributed by atoms with Crippen LogP contribution < -0.4 is 5.32 Å². The second kappa shape index (κ2) is 6.77. The summed E-state index contributed by atoms with van der Waals surface area (Å²) in [5.41, 5.74) is 0. The van der Waals surface area contributed by atoms with Gasteiger partial charge in [0.1, 0.15) is 0 Å². The monoisotopic (exact) mass is 236 g/mol.